The summed E-state index contributed by atoms with van der Waals surface area (Å²) in [5.74, 6) is 0.864. The van der Waals surface area contributed by atoms with Crippen molar-refractivity contribution in [3.63, 3.8) is 0 Å². The van der Waals surface area contributed by atoms with Crippen LogP contribution in [0.3, 0.4) is 0 Å². The number of carbonyl (C=O) groups is 1. The molecule has 0 atom stereocenters. The molecule has 1 aromatic carbocycles. The fourth-order valence-corrected chi connectivity index (χ4v) is 2.50. The van der Waals surface area contributed by atoms with Crippen LogP contribution in [0.2, 0.25) is 0 Å². The van der Waals surface area contributed by atoms with E-state index in [1.54, 1.807) is 11.3 Å². The first-order valence-corrected chi connectivity index (χ1v) is 7.24. The maximum Gasteiger partial charge on any atom is 0.170 e. The molecular formula is C15H17NO2S. The zero-order chi connectivity index (χ0) is 13.7. The van der Waals surface area contributed by atoms with Crippen molar-refractivity contribution < 1.29 is 9.53 Å². The van der Waals surface area contributed by atoms with Crippen LogP contribution < -0.4 is 4.74 Å². The van der Waals surface area contributed by atoms with Gasteiger partial charge in [0.1, 0.15) is 17.4 Å². The topological polar surface area (TPSA) is 39.2 Å². The van der Waals surface area contributed by atoms with E-state index >= 15 is 0 Å². The molecule has 0 aliphatic heterocycles. The number of ether oxygens (including phenoxy) is 1. The van der Waals surface area contributed by atoms with Crippen LogP contribution in [0.15, 0.2) is 29.6 Å². The van der Waals surface area contributed by atoms with Crippen molar-refractivity contribution in [1.82, 2.24) is 4.98 Å². The number of aryl methyl sites for hydroxylation is 1. The fraction of sp³-hybridized carbons (Fsp3) is 0.333. The van der Waals surface area contributed by atoms with Crippen molar-refractivity contribution in [2.24, 2.45) is 0 Å². The van der Waals surface area contributed by atoms with Gasteiger partial charge in [-0.05, 0) is 37.6 Å². The van der Waals surface area contributed by atoms with E-state index in [-0.39, 0.29) is 12.4 Å². The van der Waals surface area contributed by atoms with Gasteiger partial charge < -0.3 is 4.74 Å². The monoisotopic (exact) mass is 275 g/mol. The highest BCUT2D eigenvalue weighted by atomic mass is 32.1. The quantitative estimate of drug-likeness (QED) is 0.803. The minimum atomic E-state index is 0.141. The summed E-state index contributed by atoms with van der Waals surface area (Å²) in [6.45, 7) is 4.13. The number of hydrogen-bond donors (Lipinski definition) is 0. The van der Waals surface area contributed by atoms with E-state index in [1.807, 2.05) is 43.5 Å². The molecule has 0 fully saturated rings. The van der Waals surface area contributed by atoms with Crippen LogP contribution in [0.1, 0.15) is 25.5 Å². The third kappa shape index (κ3) is 3.89. The summed E-state index contributed by atoms with van der Waals surface area (Å²) in [5, 5.41) is 3.04. The van der Waals surface area contributed by atoms with Crippen LogP contribution in [-0.2, 0) is 4.79 Å². The first-order chi connectivity index (χ1) is 9.19. The first kappa shape index (κ1) is 13.7. The number of carbonyl (C=O) groups excluding carboxylic acids is 1. The summed E-state index contributed by atoms with van der Waals surface area (Å²) >= 11 is 1.63. The molecule has 0 saturated heterocycles. The van der Waals surface area contributed by atoms with Gasteiger partial charge in [-0.25, -0.2) is 4.98 Å². The number of aromatic nitrogens is 1. The molecule has 0 saturated carbocycles. The lowest BCUT2D eigenvalue weighted by molar-refractivity contribution is -0.121. The Morgan fingerprint density at radius 2 is 2.05 bits per heavy atom. The Balaban J connectivity index is 1.97. The van der Waals surface area contributed by atoms with E-state index in [4.69, 9.17) is 4.74 Å². The minimum absolute atomic E-state index is 0.141. The molecule has 0 spiro atoms. The Kier molecular flexibility index (Phi) is 4.68. The number of ketones is 1. The van der Waals surface area contributed by atoms with E-state index < -0.39 is 0 Å². The van der Waals surface area contributed by atoms with Gasteiger partial charge in [0.05, 0.1) is 0 Å². The Hall–Kier alpha value is -1.68. The molecular weight excluding hydrogens is 258 g/mol. The zero-order valence-corrected chi connectivity index (χ0v) is 12.0. The smallest absolute Gasteiger partial charge is 0.170 e. The number of benzene rings is 1. The SMILES string of the molecule is CCCC(=O)COc1ccc(-c2nc(C)cs2)cc1. The molecule has 1 aromatic heterocycles. The molecule has 19 heavy (non-hydrogen) atoms. The predicted molar refractivity (Wildman–Crippen MR) is 77.7 cm³/mol. The maximum absolute atomic E-state index is 11.4. The molecule has 100 valence electrons. The van der Waals surface area contributed by atoms with Crippen molar-refractivity contribution in [2.75, 3.05) is 6.61 Å². The van der Waals surface area contributed by atoms with E-state index in [0.717, 1.165) is 28.4 Å². The lowest BCUT2D eigenvalue weighted by atomic mass is 10.2. The standard InChI is InChI=1S/C15H17NO2S/c1-3-4-13(17)9-18-14-7-5-12(6-8-14)15-16-11(2)10-19-15/h5-8,10H,3-4,9H2,1-2H3. The number of hydrogen-bond acceptors (Lipinski definition) is 4. The summed E-state index contributed by atoms with van der Waals surface area (Å²) < 4.78 is 5.45. The van der Waals surface area contributed by atoms with Gasteiger partial charge >= 0.3 is 0 Å². The molecule has 0 unspecified atom stereocenters. The second kappa shape index (κ2) is 6.48. The third-order valence-corrected chi connectivity index (χ3v) is 3.66. The van der Waals surface area contributed by atoms with E-state index in [1.165, 1.54) is 0 Å². The summed E-state index contributed by atoms with van der Waals surface area (Å²) in [5.41, 5.74) is 2.11. The molecule has 0 aliphatic rings. The first-order valence-electron chi connectivity index (χ1n) is 6.36. The summed E-state index contributed by atoms with van der Waals surface area (Å²) in [7, 11) is 0. The van der Waals surface area contributed by atoms with Crippen LogP contribution in [0.5, 0.6) is 5.75 Å². The molecule has 0 bridgehead atoms. The highest BCUT2D eigenvalue weighted by Gasteiger charge is 2.04. The van der Waals surface area contributed by atoms with Crippen molar-refractivity contribution in [3.05, 3.63) is 35.3 Å². The Bertz CT molecular complexity index is 546. The Morgan fingerprint density at radius 1 is 1.32 bits per heavy atom. The highest BCUT2D eigenvalue weighted by Crippen LogP contribution is 2.25. The molecule has 0 aliphatic carbocycles. The molecule has 2 aromatic rings. The average Bonchev–Trinajstić information content (AvgIpc) is 2.84. The average molecular weight is 275 g/mol. The van der Waals surface area contributed by atoms with E-state index in [0.29, 0.717) is 6.42 Å². The van der Waals surface area contributed by atoms with Crippen molar-refractivity contribution >= 4 is 17.1 Å². The molecule has 4 heteroatoms. The minimum Gasteiger partial charge on any atom is -0.486 e. The van der Waals surface area contributed by atoms with E-state index in [2.05, 4.69) is 4.98 Å². The van der Waals surface area contributed by atoms with Gasteiger partial charge in [-0.3, -0.25) is 4.79 Å². The number of rotatable bonds is 6. The van der Waals surface area contributed by atoms with Gasteiger partial charge in [-0.1, -0.05) is 6.92 Å². The van der Waals surface area contributed by atoms with Crippen molar-refractivity contribution in [3.8, 4) is 16.3 Å². The number of nitrogens with zero attached hydrogens (tertiary/aromatic N) is 1. The molecule has 1 heterocycles. The summed E-state index contributed by atoms with van der Waals surface area (Å²) in [4.78, 5) is 15.8. The Labute approximate surface area is 117 Å². The van der Waals surface area contributed by atoms with Crippen LogP contribution >= 0.6 is 11.3 Å². The number of thiazole rings is 1. The maximum atomic E-state index is 11.4. The summed E-state index contributed by atoms with van der Waals surface area (Å²) in [6, 6.07) is 7.70. The van der Waals surface area contributed by atoms with Crippen LogP contribution in [-0.4, -0.2) is 17.4 Å². The molecule has 0 N–H and O–H groups in total. The molecule has 0 amide bonds. The zero-order valence-electron chi connectivity index (χ0n) is 11.2. The van der Waals surface area contributed by atoms with E-state index in [9.17, 15) is 4.79 Å². The van der Waals surface area contributed by atoms with Crippen LogP contribution in [0, 0.1) is 6.92 Å². The Morgan fingerprint density at radius 3 is 2.63 bits per heavy atom. The van der Waals surface area contributed by atoms with Crippen LogP contribution in [0.4, 0.5) is 0 Å². The van der Waals surface area contributed by atoms with Gasteiger partial charge in [-0.15, -0.1) is 11.3 Å². The second-order valence-corrected chi connectivity index (χ2v) is 5.25. The fourth-order valence-electron chi connectivity index (χ4n) is 1.70. The van der Waals surface area contributed by atoms with Crippen molar-refractivity contribution in [1.29, 1.82) is 0 Å². The van der Waals surface area contributed by atoms with Crippen molar-refractivity contribution in [2.45, 2.75) is 26.7 Å². The van der Waals surface area contributed by atoms with Gasteiger partial charge in [0, 0.05) is 23.1 Å². The van der Waals surface area contributed by atoms with Gasteiger partial charge in [0.2, 0.25) is 0 Å². The lowest BCUT2D eigenvalue weighted by Crippen LogP contribution is -2.10. The second-order valence-electron chi connectivity index (χ2n) is 4.40. The van der Waals surface area contributed by atoms with Gasteiger partial charge in [0.25, 0.3) is 0 Å². The normalized spacial score (nSPS) is 10.4. The summed E-state index contributed by atoms with van der Waals surface area (Å²) in [6.07, 6.45) is 1.45. The molecule has 3 nitrogen and oxygen atoms in total. The largest absolute Gasteiger partial charge is 0.486 e. The van der Waals surface area contributed by atoms with Crippen LogP contribution in [0.25, 0.3) is 10.6 Å². The highest BCUT2D eigenvalue weighted by molar-refractivity contribution is 7.13. The molecule has 2 rings (SSSR count). The predicted octanol–water partition coefficient (Wildman–Crippen LogP) is 3.87. The third-order valence-electron chi connectivity index (χ3n) is 2.65. The van der Waals surface area contributed by atoms with Gasteiger partial charge in [-0.2, -0.15) is 0 Å². The lowest BCUT2D eigenvalue weighted by Gasteiger charge is -2.05. The van der Waals surface area contributed by atoms with Gasteiger partial charge in [0.15, 0.2) is 5.78 Å². The molecule has 0 radical (unpaired) electrons. The number of Topliss-reactive ketones (excluding diaryl/α,β-unsaturated/α-hetero) is 1.